The first-order chi connectivity index (χ1) is 12.7. The first kappa shape index (κ1) is 20.4. The summed E-state index contributed by atoms with van der Waals surface area (Å²) in [6.07, 6.45) is 0.568. The number of halogens is 2. The number of ether oxygens (including phenoxy) is 3. The maximum absolute atomic E-state index is 12.9. The lowest BCUT2D eigenvalue weighted by Gasteiger charge is -2.33. The SMILES string of the molecule is COc1cc(Cl)c(Cl)cc1C(=O)C1CCN(C(=O)C2COC(C)(C)O2)CC1. The van der Waals surface area contributed by atoms with Crippen LogP contribution in [0.3, 0.4) is 0 Å². The Bertz CT molecular complexity index is 744. The van der Waals surface area contributed by atoms with Crippen molar-refractivity contribution in [3.05, 3.63) is 27.7 Å². The highest BCUT2D eigenvalue weighted by molar-refractivity contribution is 6.42. The second-order valence-electron chi connectivity index (χ2n) is 7.25. The van der Waals surface area contributed by atoms with E-state index in [0.717, 1.165) is 0 Å². The van der Waals surface area contributed by atoms with E-state index in [2.05, 4.69) is 0 Å². The third-order valence-electron chi connectivity index (χ3n) is 4.97. The number of rotatable bonds is 4. The van der Waals surface area contributed by atoms with Crippen molar-refractivity contribution >= 4 is 34.9 Å². The van der Waals surface area contributed by atoms with Crippen molar-refractivity contribution < 1.29 is 23.8 Å². The van der Waals surface area contributed by atoms with Crippen LogP contribution in [0.15, 0.2) is 12.1 Å². The van der Waals surface area contributed by atoms with E-state index in [4.69, 9.17) is 37.4 Å². The highest BCUT2D eigenvalue weighted by Gasteiger charge is 2.40. The second-order valence-corrected chi connectivity index (χ2v) is 8.06. The molecule has 0 bridgehead atoms. The van der Waals surface area contributed by atoms with E-state index in [9.17, 15) is 9.59 Å². The van der Waals surface area contributed by atoms with Crippen LogP contribution in [0.1, 0.15) is 37.0 Å². The molecule has 1 atom stereocenters. The van der Waals surface area contributed by atoms with Gasteiger partial charge >= 0.3 is 0 Å². The second kappa shape index (κ2) is 7.95. The number of amides is 1. The van der Waals surface area contributed by atoms with Crippen LogP contribution in [0.5, 0.6) is 5.75 Å². The Kier molecular flexibility index (Phi) is 6.01. The van der Waals surface area contributed by atoms with Gasteiger partial charge in [-0.25, -0.2) is 0 Å². The molecular weight excluding hydrogens is 393 g/mol. The van der Waals surface area contributed by atoms with Crippen LogP contribution in [-0.4, -0.2) is 55.3 Å². The first-order valence-electron chi connectivity index (χ1n) is 8.89. The zero-order valence-corrected chi connectivity index (χ0v) is 17.1. The smallest absolute Gasteiger partial charge is 0.254 e. The molecule has 3 rings (SSSR count). The number of Topliss-reactive ketones (excluding diaryl/α,β-unsaturated/α-hetero) is 1. The summed E-state index contributed by atoms with van der Waals surface area (Å²) in [6, 6.07) is 3.10. The van der Waals surface area contributed by atoms with Crippen molar-refractivity contribution in [2.45, 2.75) is 38.6 Å². The number of methoxy groups -OCH3 is 1. The monoisotopic (exact) mass is 415 g/mol. The Morgan fingerprint density at radius 1 is 1.19 bits per heavy atom. The molecule has 2 aliphatic heterocycles. The highest BCUT2D eigenvalue weighted by atomic mass is 35.5. The predicted octanol–water partition coefficient (Wildman–Crippen LogP) is 3.57. The average Bonchev–Trinajstić information content (AvgIpc) is 3.02. The van der Waals surface area contributed by atoms with Gasteiger partial charge in [-0.3, -0.25) is 9.59 Å². The van der Waals surface area contributed by atoms with Crippen molar-refractivity contribution in [1.82, 2.24) is 4.90 Å². The number of ketones is 1. The van der Waals surface area contributed by atoms with E-state index in [1.165, 1.54) is 7.11 Å². The number of carbonyl (C=O) groups excluding carboxylic acids is 2. The number of carbonyl (C=O) groups is 2. The van der Waals surface area contributed by atoms with Crippen molar-refractivity contribution in [2.75, 3.05) is 26.8 Å². The summed E-state index contributed by atoms with van der Waals surface area (Å²) in [5, 5.41) is 0.654. The van der Waals surface area contributed by atoms with Crippen LogP contribution < -0.4 is 4.74 Å². The molecule has 1 unspecified atom stereocenters. The zero-order chi connectivity index (χ0) is 19.8. The van der Waals surface area contributed by atoms with E-state index < -0.39 is 11.9 Å². The quantitative estimate of drug-likeness (QED) is 0.703. The summed E-state index contributed by atoms with van der Waals surface area (Å²) in [7, 11) is 1.49. The van der Waals surface area contributed by atoms with E-state index >= 15 is 0 Å². The number of hydrogen-bond acceptors (Lipinski definition) is 5. The summed E-state index contributed by atoms with van der Waals surface area (Å²) in [5.74, 6) is -0.652. The lowest BCUT2D eigenvalue weighted by molar-refractivity contribution is -0.161. The summed E-state index contributed by atoms with van der Waals surface area (Å²) in [4.78, 5) is 27.3. The Balaban J connectivity index is 1.63. The van der Waals surface area contributed by atoms with Crippen molar-refractivity contribution in [2.24, 2.45) is 5.92 Å². The maximum Gasteiger partial charge on any atom is 0.254 e. The van der Waals surface area contributed by atoms with Gasteiger partial charge in [0.1, 0.15) is 5.75 Å². The fourth-order valence-electron chi connectivity index (χ4n) is 3.48. The molecule has 2 aliphatic rings. The zero-order valence-electron chi connectivity index (χ0n) is 15.6. The Hall–Kier alpha value is -1.34. The van der Waals surface area contributed by atoms with Gasteiger partial charge in [-0.05, 0) is 32.8 Å². The number of nitrogens with zero attached hydrogens (tertiary/aromatic N) is 1. The molecule has 8 heteroatoms. The molecule has 0 aliphatic carbocycles. The van der Waals surface area contributed by atoms with Gasteiger partial charge in [0, 0.05) is 25.1 Å². The summed E-state index contributed by atoms with van der Waals surface area (Å²) in [6.45, 7) is 4.83. The molecule has 2 fully saturated rings. The summed E-state index contributed by atoms with van der Waals surface area (Å²) < 4.78 is 16.4. The van der Waals surface area contributed by atoms with Crippen LogP contribution in [0.25, 0.3) is 0 Å². The van der Waals surface area contributed by atoms with Gasteiger partial charge in [0.2, 0.25) is 0 Å². The molecular formula is C19H23Cl2NO5. The molecule has 6 nitrogen and oxygen atoms in total. The first-order valence-corrected chi connectivity index (χ1v) is 9.65. The number of piperidine rings is 1. The molecule has 2 heterocycles. The van der Waals surface area contributed by atoms with Gasteiger partial charge < -0.3 is 19.1 Å². The van der Waals surface area contributed by atoms with E-state index in [1.807, 2.05) is 0 Å². The molecule has 1 aromatic carbocycles. The van der Waals surface area contributed by atoms with Gasteiger partial charge in [-0.1, -0.05) is 23.2 Å². The van der Waals surface area contributed by atoms with Gasteiger partial charge in [0.25, 0.3) is 5.91 Å². The normalized spacial score (nSPS) is 22.7. The minimum atomic E-state index is -0.737. The molecule has 0 spiro atoms. The van der Waals surface area contributed by atoms with E-state index in [-0.39, 0.29) is 24.2 Å². The molecule has 0 saturated carbocycles. The van der Waals surface area contributed by atoms with Crippen LogP contribution in [0.2, 0.25) is 10.0 Å². The van der Waals surface area contributed by atoms with E-state index in [1.54, 1.807) is 30.9 Å². The molecule has 27 heavy (non-hydrogen) atoms. The number of benzene rings is 1. The summed E-state index contributed by atoms with van der Waals surface area (Å²) in [5.41, 5.74) is 0.422. The Morgan fingerprint density at radius 2 is 1.81 bits per heavy atom. The molecule has 2 saturated heterocycles. The van der Waals surface area contributed by atoms with Crippen molar-refractivity contribution in [3.63, 3.8) is 0 Å². The maximum atomic E-state index is 12.9. The molecule has 1 aromatic rings. The van der Waals surface area contributed by atoms with Gasteiger partial charge in [-0.2, -0.15) is 0 Å². The third kappa shape index (κ3) is 4.40. The molecule has 148 valence electrons. The van der Waals surface area contributed by atoms with Gasteiger partial charge in [0.05, 0.1) is 29.3 Å². The number of likely N-dealkylation sites (tertiary alicyclic amines) is 1. The third-order valence-corrected chi connectivity index (χ3v) is 5.69. The van der Waals surface area contributed by atoms with Gasteiger partial charge in [-0.15, -0.1) is 0 Å². The van der Waals surface area contributed by atoms with Crippen LogP contribution in [-0.2, 0) is 14.3 Å². The van der Waals surface area contributed by atoms with Crippen LogP contribution in [0.4, 0.5) is 0 Å². The standard InChI is InChI=1S/C19H23Cl2NO5/c1-19(2)26-10-16(27-19)18(24)22-6-4-11(5-7-22)17(23)12-8-13(20)14(21)9-15(12)25-3/h8-9,11,16H,4-7,10H2,1-3H3. The molecule has 0 N–H and O–H groups in total. The highest BCUT2D eigenvalue weighted by Crippen LogP contribution is 2.34. The minimum Gasteiger partial charge on any atom is -0.496 e. The number of hydrogen-bond donors (Lipinski definition) is 0. The van der Waals surface area contributed by atoms with Crippen molar-refractivity contribution in [3.8, 4) is 5.75 Å². The lowest BCUT2D eigenvalue weighted by atomic mass is 9.88. The van der Waals surface area contributed by atoms with Crippen molar-refractivity contribution in [1.29, 1.82) is 0 Å². The molecule has 0 radical (unpaired) electrons. The van der Waals surface area contributed by atoms with Crippen LogP contribution in [0, 0.1) is 5.92 Å². The average molecular weight is 416 g/mol. The largest absolute Gasteiger partial charge is 0.496 e. The molecule has 1 amide bonds. The Labute approximate surface area is 168 Å². The van der Waals surface area contributed by atoms with Crippen LogP contribution >= 0.6 is 23.2 Å². The lowest BCUT2D eigenvalue weighted by Crippen LogP contribution is -2.46. The summed E-state index contributed by atoms with van der Waals surface area (Å²) >= 11 is 12.1. The van der Waals surface area contributed by atoms with Gasteiger partial charge in [0.15, 0.2) is 17.7 Å². The molecule has 0 aromatic heterocycles. The Morgan fingerprint density at radius 3 is 2.37 bits per heavy atom. The fraction of sp³-hybridized carbons (Fsp3) is 0.579. The fourth-order valence-corrected chi connectivity index (χ4v) is 3.80. The predicted molar refractivity (Wildman–Crippen MR) is 102 cm³/mol. The van der Waals surface area contributed by atoms with E-state index in [0.29, 0.717) is 47.3 Å². The topological polar surface area (TPSA) is 65.1 Å². The minimum absolute atomic E-state index is 0.0425.